The number of ether oxygens (including phenoxy) is 2. The summed E-state index contributed by atoms with van der Waals surface area (Å²) in [4.78, 5) is 23.4. The molecular weight excluding hydrogens is 352 g/mol. The van der Waals surface area contributed by atoms with E-state index in [2.05, 4.69) is 0 Å². The summed E-state index contributed by atoms with van der Waals surface area (Å²) in [6.45, 7) is 3.97. The first kappa shape index (κ1) is 19.9. The van der Waals surface area contributed by atoms with E-state index in [1.54, 1.807) is 35.4 Å². The van der Waals surface area contributed by atoms with Crippen LogP contribution in [0.25, 0.3) is 0 Å². The molecule has 0 heterocycles. The number of hydrogen-bond donors (Lipinski definition) is 2. The van der Waals surface area contributed by atoms with Crippen molar-refractivity contribution in [2.45, 2.75) is 51.7 Å². The molecule has 2 N–H and O–H groups in total. The summed E-state index contributed by atoms with van der Waals surface area (Å²) in [5, 5.41) is 20.3. The van der Waals surface area contributed by atoms with Crippen molar-refractivity contribution in [2.75, 3.05) is 24.7 Å². The molecular formula is C16H26O6S2. The van der Waals surface area contributed by atoms with Crippen LogP contribution >= 0.6 is 21.6 Å². The number of esters is 2. The fraction of sp³-hybridized carbons (Fsp3) is 0.875. The van der Waals surface area contributed by atoms with Crippen LogP contribution in [0.5, 0.6) is 0 Å². The van der Waals surface area contributed by atoms with Crippen LogP contribution in [0.2, 0.25) is 0 Å². The molecule has 2 fully saturated rings. The predicted octanol–water partition coefficient (Wildman–Crippen LogP) is 1.78. The minimum Gasteiger partial charge on any atom is -0.464 e. The molecule has 2 unspecified atom stereocenters. The summed E-state index contributed by atoms with van der Waals surface area (Å²) in [6, 6.07) is 0. The van der Waals surface area contributed by atoms with E-state index >= 15 is 0 Å². The van der Waals surface area contributed by atoms with E-state index in [0.29, 0.717) is 11.5 Å². The largest absolute Gasteiger partial charge is 0.464 e. The molecule has 2 aliphatic carbocycles. The maximum absolute atomic E-state index is 11.7. The first-order chi connectivity index (χ1) is 11.4. The second kappa shape index (κ2) is 8.29. The highest BCUT2D eigenvalue weighted by Crippen LogP contribution is 2.56. The molecule has 0 aromatic heterocycles. The van der Waals surface area contributed by atoms with Gasteiger partial charge in [0.2, 0.25) is 0 Å². The van der Waals surface area contributed by atoms with Gasteiger partial charge in [0.05, 0.1) is 13.2 Å². The molecule has 0 aromatic rings. The Morgan fingerprint density at radius 3 is 1.46 bits per heavy atom. The minimum atomic E-state index is -1.06. The zero-order chi connectivity index (χ0) is 17.8. The van der Waals surface area contributed by atoms with Crippen LogP contribution in [-0.4, -0.2) is 59.1 Å². The van der Waals surface area contributed by atoms with Crippen LogP contribution in [0.4, 0.5) is 0 Å². The van der Waals surface area contributed by atoms with Crippen molar-refractivity contribution in [3.05, 3.63) is 0 Å². The van der Waals surface area contributed by atoms with Gasteiger partial charge in [-0.15, -0.1) is 0 Å². The Bertz CT molecular complexity index is 419. The third-order valence-electron chi connectivity index (χ3n) is 4.74. The van der Waals surface area contributed by atoms with Crippen LogP contribution in [0.15, 0.2) is 0 Å². The quantitative estimate of drug-likeness (QED) is 0.319. The van der Waals surface area contributed by atoms with E-state index in [1.807, 2.05) is 0 Å². The molecule has 0 aliphatic heterocycles. The number of carbonyl (C=O) groups is 2. The van der Waals surface area contributed by atoms with E-state index < -0.39 is 24.1 Å². The molecule has 0 radical (unpaired) electrons. The normalized spacial score (nSPS) is 22.3. The fourth-order valence-corrected chi connectivity index (χ4v) is 6.01. The summed E-state index contributed by atoms with van der Waals surface area (Å²) < 4.78 is 9.78. The van der Waals surface area contributed by atoms with Gasteiger partial charge < -0.3 is 19.7 Å². The van der Waals surface area contributed by atoms with E-state index in [0.717, 1.165) is 25.7 Å². The highest BCUT2D eigenvalue weighted by atomic mass is 33.1. The van der Waals surface area contributed by atoms with Crippen molar-refractivity contribution in [2.24, 2.45) is 10.8 Å². The van der Waals surface area contributed by atoms with Crippen molar-refractivity contribution in [3.8, 4) is 0 Å². The van der Waals surface area contributed by atoms with Crippen LogP contribution in [-0.2, 0) is 19.1 Å². The molecule has 2 atom stereocenters. The van der Waals surface area contributed by atoms with E-state index in [1.165, 1.54) is 0 Å². The van der Waals surface area contributed by atoms with E-state index in [4.69, 9.17) is 9.47 Å². The van der Waals surface area contributed by atoms with Gasteiger partial charge in [0.25, 0.3) is 0 Å². The van der Waals surface area contributed by atoms with Crippen molar-refractivity contribution < 1.29 is 29.3 Å². The lowest BCUT2D eigenvalue weighted by Crippen LogP contribution is -2.35. The van der Waals surface area contributed by atoms with E-state index in [9.17, 15) is 19.8 Å². The van der Waals surface area contributed by atoms with Crippen LogP contribution in [0.3, 0.4) is 0 Å². The number of carbonyl (C=O) groups excluding carboxylic acids is 2. The monoisotopic (exact) mass is 378 g/mol. The highest BCUT2D eigenvalue weighted by molar-refractivity contribution is 8.76. The Hall–Kier alpha value is -0.440. The second-order valence-electron chi connectivity index (χ2n) is 6.56. The Morgan fingerprint density at radius 2 is 1.21 bits per heavy atom. The number of hydrogen-bond acceptors (Lipinski definition) is 8. The van der Waals surface area contributed by atoms with Crippen molar-refractivity contribution in [1.82, 2.24) is 0 Å². The third kappa shape index (κ3) is 4.59. The molecule has 24 heavy (non-hydrogen) atoms. The number of aliphatic hydroxyl groups excluding tert-OH is 2. The SMILES string of the molecule is CCOC(=O)C(O)C1(CSSCC2(C(O)C(=O)OCC)CC2)CC1. The lowest BCUT2D eigenvalue weighted by Gasteiger charge is -2.22. The minimum absolute atomic E-state index is 0.266. The first-order valence-electron chi connectivity index (χ1n) is 8.34. The molecule has 2 rings (SSSR count). The van der Waals surface area contributed by atoms with Gasteiger partial charge in [-0.3, -0.25) is 0 Å². The summed E-state index contributed by atoms with van der Waals surface area (Å²) in [7, 11) is 3.16. The molecule has 8 heteroatoms. The molecule has 0 spiro atoms. The topological polar surface area (TPSA) is 93.1 Å². The van der Waals surface area contributed by atoms with Gasteiger partial charge in [0, 0.05) is 22.3 Å². The molecule has 0 saturated heterocycles. The zero-order valence-electron chi connectivity index (χ0n) is 14.2. The van der Waals surface area contributed by atoms with E-state index in [-0.39, 0.29) is 24.0 Å². The molecule has 0 aromatic carbocycles. The molecule has 6 nitrogen and oxygen atoms in total. The van der Waals surface area contributed by atoms with Crippen LogP contribution < -0.4 is 0 Å². The van der Waals surface area contributed by atoms with Crippen molar-refractivity contribution in [3.63, 3.8) is 0 Å². The van der Waals surface area contributed by atoms with Crippen molar-refractivity contribution >= 4 is 33.5 Å². The van der Waals surface area contributed by atoms with Crippen molar-refractivity contribution in [1.29, 1.82) is 0 Å². The maximum atomic E-state index is 11.7. The lowest BCUT2D eigenvalue weighted by atomic mass is 10.0. The fourth-order valence-electron chi connectivity index (χ4n) is 2.57. The Labute approximate surface area is 150 Å². The van der Waals surface area contributed by atoms with Gasteiger partial charge >= 0.3 is 11.9 Å². The summed E-state index contributed by atoms with van der Waals surface area (Å²) in [5.74, 6) is 0.223. The number of aliphatic hydroxyl groups is 2. The molecule has 0 amide bonds. The lowest BCUT2D eigenvalue weighted by molar-refractivity contribution is -0.157. The Kier molecular flexibility index (Phi) is 6.87. The molecule has 2 saturated carbocycles. The maximum Gasteiger partial charge on any atom is 0.335 e. The second-order valence-corrected chi connectivity index (χ2v) is 9.02. The van der Waals surface area contributed by atoms with Gasteiger partial charge in [-0.2, -0.15) is 0 Å². The van der Waals surface area contributed by atoms with Gasteiger partial charge in [-0.05, 0) is 39.5 Å². The van der Waals surface area contributed by atoms with Gasteiger partial charge in [0.1, 0.15) is 0 Å². The van der Waals surface area contributed by atoms with Gasteiger partial charge in [-0.25, -0.2) is 9.59 Å². The smallest absolute Gasteiger partial charge is 0.335 e. The average Bonchev–Trinajstić information content (AvgIpc) is 3.46. The first-order valence-corrected chi connectivity index (χ1v) is 10.8. The summed E-state index contributed by atoms with van der Waals surface area (Å²) in [6.07, 6.45) is 1.14. The predicted molar refractivity (Wildman–Crippen MR) is 93.5 cm³/mol. The van der Waals surface area contributed by atoms with Gasteiger partial charge in [-0.1, -0.05) is 21.6 Å². The Morgan fingerprint density at radius 1 is 0.875 bits per heavy atom. The third-order valence-corrected chi connectivity index (χ3v) is 7.50. The molecule has 138 valence electrons. The molecule has 0 bridgehead atoms. The number of rotatable bonds is 11. The highest BCUT2D eigenvalue weighted by Gasteiger charge is 2.54. The van der Waals surface area contributed by atoms with Crippen LogP contribution in [0, 0.1) is 10.8 Å². The van der Waals surface area contributed by atoms with Gasteiger partial charge in [0.15, 0.2) is 12.2 Å². The zero-order valence-corrected chi connectivity index (χ0v) is 15.8. The summed E-state index contributed by atoms with van der Waals surface area (Å²) in [5.41, 5.74) is -0.749. The summed E-state index contributed by atoms with van der Waals surface area (Å²) >= 11 is 0. The standard InChI is InChI=1S/C16H26O6S2/c1-3-21-13(19)11(17)15(5-6-15)9-23-24-10-16(7-8-16)12(18)14(20)22-4-2/h11-12,17-18H,3-10H2,1-2H3. The Balaban J connectivity index is 1.73. The average molecular weight is 379 g/mol. The molecule has 2 aliphatic rings. The van der Waals surface area contributed by atoms with Crippen LogP contribution in [0.1, 0.15) is 39.5 Å².